The summed E-state index contributed by atoms with van der Waals surface area (Å²) in [5.74, 6) is -0.577. The lowest BCUT2D eigenvalue weighted by molar-refractivity contribution is 0.218. The molecular weight excluding hydrogens is 233 g/mol. The number of oxime groups is 1. The minimum atomic E-state index is -0.390. The van der Waals surface area contributed by atoms with Crippen molar-refractivity contribution in [3.8, 4) is 0 Å². The maximum absolute atomic E-state index is 14.2. The number of piperidine rings is 1. The summed E-state index contributed by atoms with van der Waals surface area (Å²) in [4.78, 5) is 2.23. The molecule has 98 valence electrons. The average molecular weight is 251 g/mol. The zero-order valence-electron chi connectivity index (χ0n) is 10.3. The van der Waals surface area contributed by atoms with Crippen molar-refractivity contribution in [2.24, 2.45) is 10.9 Å². The summed E-state index contributed by atoms with van der Waals surface area (Å²) in [5.41, 5.74) is 6.20. The van der Waals surface area contributed by atoms with Crippen LogP contribution in [0.15, 0.2) is 23.4 Å². The zero-order chi connectivity index (χ0) is 13.0. The van der Waals surface area contributed by atoms with Gasteiger partial charge in [-0.15, -0.1) is 0 Å². The van der Waals surface area contributed by atoms with Crippen LogP contribution in [0.25, 0.3) is 0 Å². The fraction of sp³-hybridized carbons (Fsp3) is 0.462. The summed E-state index contributed by atoms with van der Waals surface area (Å²) < 4.78 is 14.2. The summed E-state index contributed by atoms with van der Waals surface area (Å²) in [7, 11) is 0. The minimum Gasteiger partial charge on any atom is -0.409 e. The molecule has 0 spiro atoms. The zero-order valence-corrected chi connectivity index (χ0v) is 10.3. The van der Waals surface area contributed by atoms with E-state index in [-0.39, 0.29) is 11.4 Å². The highest BCUT2D eigenvalue weighted by Crippen LogP contribution is 2.17. The van der Waals surface area contributed by atoms with Crippen LogP contribution >= 0.6 is 0 Å². The molecule has 0 radical (unpaired) electrons. The molecule has 1 heterocycles. The van der Waals surface area contributed by atoms with Gasteiger partial charge in [-0.1, -0.05) is 23.7 Å². The molecule has 1 aromatic rings. The standard InChI is InChI=1S/C13H18FN3O/c14-12-10(9-17-7-2-1-3-8-17)5-4-6-11(12)13(15)16-18/h4-6,18H,1-3,7-9H2,(H2,15,16). The number of likely N-dealkylation sites (tertiary alicyclic amines) is 1. The highest BCUT2D eigenvalue weighted by Gasteiger charge is 2.15. The number of amidine groups is 1. The molecule has 5 heteroatoms. The minimum absolute atomic E-state index is 0.159. The Morgan fingerprint density at radius 1 is 1.33 bits per heavy atom. The highest BCUT2D eigenvalue weighted by molar-refractivity contribution is 5.97. The van der Waals surface area contributed by atoms with Crippen molar-refractivity contribution >= 4 is 5.84 Å². The quantitative estimate of drug-likeness (QED) is 0.373. The van der Waals surface area contributed by atoms with Crippen molar-refractivity contribution in [3.63, 3.8) is 0 Å². The number of halogens is 1. The van der Waals surface area contributed by atoms with Gasteiger partial charge >= 0.3 is 0 Å². The van der Waals surface area contributed by atoms with E-state index in [9.17, 15) is 4.39 Å². The van der Waals surface area contributed by atoms with E-state index in [0.717, 1.165) is 13.1 Å². The molecule has 1 saturated heterocycles. The molecule has 1 fully saturated rings. The Balaban J connectivity index is 2.17. The number of hydrogen-bond donors (Lipinski definition) is 2. The van der Waals surface area contributed by atoms with Gasteiger partial charge in [0.2, 0.25) is 0 Å². The molecule has 4 nitrogen and oxygen atoms in total. The first kappa shape index (κ1) is 12.8. The second-order valence-electron chi connectivity index (χ2n) is 4.60. The Morgan fingerprint density at radius 3 is 2.72 bits per heavy atom. The summed E-state index contributed by atoms with van der Waals surface area (Å²) in [5, 5.41) is 11.5. The predicted molar refractivity (Wildman–Crippen MR) is 68.0 cm³/mol. The normalized spacial score (nSPS) is 17.9. The van der Waals surface area contributed by atoms with Crippen LogP contribution in [0.4, 0.5) is 4.39 Å². The van der Waals surface area contributed by atoms with Crippen LogP contribution in [0.1, 0.15) is 30.4 Å². The topological polar surface area (TPSA) is 61.9 Å². The van der Waals surface area contributed by atoms with Gasteiger partial charge in [0, 0.05) is 12.1 Å². The summed E-state index contributed by atoms with van der Waals surface area (Å²) in [6.07, 6.45) is 3.59. The number of nitrogens with zero attached hydrogens (tertiary/aromatic N) is 2. The van der Waals surface area contributed by atoms with Crippen LogP contribution in [0.3, 0.4) is 0 Å². The van der Waals surface area contributed by atoms with Crippen LogP contribution in [0.5, 0.6) is 0 Å². The SMILES string of the molecule is N/C(=N/O)c1cccc(CN2CCCCC2)c1F. The van der Waals surface area contributed by atoms with Gasteiger partial charge < -0.3 is 10.9 Å². The molecule has 1 aliphatic heterocycles. The molecule has 18 heavy (non-hydrogen) atoms. The monoisotopic (exact) mass is 251 g/mol. The van der Waals surface area contributed by atoms with Crippen LogP contribution in [-0.2, 0) is 6.54 Å². The molecule has 0 aromatic heterocycles. The van der Waals surface area contributed by atoms with E-state index in [0.29, 0.717) is 12.1 Å². The Hall–Kier alpha value is -1.62. The fourth-order valence-corrected chi connectivity index (χ4v) is 2.31. The highest BCUT2D eigenvalue weighted by atomic mass is 19.1. The third kappa shape index (κ3) is 2.79. The van der Waals surface area contributed by atoms with Gasteiger partial charge in [-0.3, -0.25) is 4.90 Å². The van der Waals surface area contributed by atoms with E-state index in [1.807, 2.05) is 0 Å². The van der Waals surface area contributed by atoms with Crippen LogP contribution in [0, 0.1) is 5.82 Å². The molecule has 1 aliphatic rings. The maximum Gasteiger partial charge on any atom is 0.173 e. The molecule has 0 bridgehead atoms. The van der Waals surface area contributed by atoms with Crippen molar-refractivity contribution in [2.75, 3.05) is 13.1 Å². The second kappa shape index (κ2) is 5.82. The van der Waals surface area contributed by atoms with Gasteiger partial charge in [-0.2, -0.15) is 0 Å². The molecule has 0 unspecified atom stereocenters. The summed E-state index contributed by atoms with van der Waals surface area (Å²) >= 11 is 0. The largest absolute Gasteiger partial charge is 0.409 e. The number of nitrogens with two attached hydrogens (primary N) is 1. The molecule has 2 rings (SSSR count). The Labute approximate surface area is 106 Å². The predicted octanol–water partition coefficient (Wildman–Crippen LogP) is 1.91. The number of rotatable bonds is 3. The lowest BCUT2D eigenvalue weighted by Crippen LogP contribution is -2.29. The fourth-order valence-electron chi connectivity index (χ4n) is 2.31. The van der Waals surface area contributed by atoms with E-state index in [4.69, 9.17) is 10.9 Å². The molecule has 0 aliphatic carbocycles. The third-order valence-corrected chi connectivity index (χ3v) is 3.31. The van der Waals surface area contributed by atoms with E-state index in [1.165, 1.54) is 25.3 Å². The molecule has 0 saturated carbocycles. The maximum atomic E-state index is 14.2. The van der Waals surface area contributed by atoms with Gasteiger partial charge in [0.15, 0.2) is 5.84 Å². The van der Waals surface area contributed by atoms with Crippen molar-refractivity contribution in [1.82, 2.24) is 4.90 Å². The van der Waals surface area contributed by atoms with E-state index in [2.05, 4.69) is 10.1 Å². The lowest BCUT2D eigenvalue weighted by atomic mass is 10.1. The Kier molecular flexibility index (Phi) is 4.15. The number of hydrogen-bond acceptors (Lipinski definition) is 3. The first-order valence-corrected chi connectivity index (χ1v) is 6.20. The number of benzene rings is 1. The van der Waals surface area contributed by atoms with Crippen molar-refractivity contribution in [1.29, 1.82) is 0 Å². The molecule has 0 amide bonds. The first-order valence-electron chi connectivity index (χ1n) is 6.20. The van der Waals surface area contributed by atoms with Gasteiger partial charge in [0.1, 0.15) is 5.82 Å². The van der Waals surface area contributed by atoms with Gasteiger partial charge in [-0.05, 0) is 32.0 Å². The third-order valence-electron chi connectivity index (χ3n) is 3.31. The smallest absolute Gasteiger partial charge is 0.173 e. The van der Waals surface area contributed by atoms with Crippen molar-refractivity contribution in [3.05, 3.63) is 35.1 Å². The molecule has 1 aromatic carbocycles. The average Bonchev–Trinajstić information content (AvgIpc) is 2.41. The Morgan fingerprint density at radius 2 is 2.06 bits per heavy atom. The molecule has 0 atom stereocenters. The first-order chi connectivity index (χ1) is 8.72. The van der Waals surface area contributed by atoms with Gasteiger partial charge in [0.25, 0.3) is 0 Å². The lowest BCUT2D eigenvalue weighted by Gasteiger charge is -2.26. The second-order valence-corrected chi connectivity index (χ2v) is 4.60. The van der Waals surface area contributed by atoms with E-state index in [1.54, 1.807) is 12.1 Å². The summed E-state index contributed by atoms with van der Waals surface area (Å²) in [6.45, 7) is 2.60. The van der Waals surface area contributed by atoms with Crippen LogP contribution in [0.2, 0.25) is 0 Å². The Bertz CT molecular complexity index is 442. The summed E-state index contributed by atoms with van der Waals surface area (Å²) in [6, 6.07) is 5.00. The molecular formula is C13H18FN3O. The molecule has 3 N–H and O–H groups in total. The van der Waals surface area contributed by atoms with Crippen molar-refractivity contribution < 1.29 is 9.60 Å². The van der Waals surface area contributed by atoms with Gasteiger partial charge in [0.05, 0.1) is 5.56 Å². The van der Waals surface area contributed by atoms with Gasteiger partial charge in [-0.25, -0.2) is 4.39 Å². The van der Waals surface area contributed by atoms with Crippen LogP contribution < -0.4 is 5.73 Å². The van der Waals surface area contributed by atoms with Crippen LogP contribution in [-0.4, -0.2) is 29.0 Å². The van der Waals surface area contributed by atoms with E-state index < -0.39 is 5.82 Å². The van der Waals surface area contributed by atoms with E-state index >= 15 is 0 Å². The van der Waals surface area contributed by atoms with Crippen molar-refractivity contribution in [2.45, 2.75) is 25.8 Å².